The van der Waals surface area contributed by atoms with Crippen molar-refractivity contribution in [3.05, 3.63) is 59.7 Å². The number of nitrogens with one attached hydrogen (secondary N) is 1. The zero-order valence-electron chi connectivity index (χ0n) is 16.5. The summed E-state index contributed by atoms with van der Waals surface area (Å²) < 4.78 is 5.45. The third-order valence-electron chi connectivity index (χ3n) is 5.48. The van der Waals surface area contributed by atoms with Crippen molar-refractivity contribution < 1.29 is 14.4 Å². The van der Waals surface area contributed by atoms with E-state index in [-0.39, 0.29) is 5.91 Å². The van der Waals surface area contributed by atoms with Crippen LogP contribution in [0, 0.1) is 0 Å². The van der Waals surface area contributed by atoms with Crippen LogP contribution in [0.1, 0.15) is 30.9 Å². The second-order valence-corrected chi connectivity index (χ2v) is 7.50. The Morgan fingerprint density at radius 3 is 2.57 bits per heavy atom. The van der Waals surface area contributed by atoms with E-state index in [0.29, 0.717) is 12.4 Å². The molecule has 2 aromatic carbocycles. The van der Waals surface area contributed by atoms with Crippen molar-refractivity contribution in [2.75, 3.05) is 37.9 Å². The summed E-state index contributed by atoms with van der Waals surface area (Å²) in [6.45, 7) is 6.23. The number of carbonyl (C=O) groups excluding carboxylic acids is 1. The summed E-state index contributed by atoms with van der Waals surface area (Å²) in [7, 11) is 0. The van der Waals surface area contributed by atoms with E-state index < -0.39 is 0 Å². The molecule has 2 aromatic rings. The molecule has 146 valence electrons. The van der Waals surface area contributed by atoms with Crippen molar-refractivity contribution >= 4 is 23.0 Å². The Hall–Kier alpha value is -2.50. The van der Waals surface area contributed by atoms with Crippen LogP contribution in [-0.4, -0.2) is 44.6 Å². The number of rotatable bonds is 6. The van der Waals surface area contributed by atoms with E-state index in [4.69, 9.17) is 9.73 Å². The monoisotopic (exact) mass is 378 g/mol. The van der Waals surface area contributed by atoms with Gasteiger partial charge in [-0.15, -0.1) is 0 Å². The largest absolute Gasteiger partial charge is 0.370 e. The molecule has 1 fully saturated rings. The predicted octanol–water partition coefficient (Wildman–Crippen LogP) is 2.37. The summed E-state index contributed by atoms with van der Waals surface area (Å²) in [4.78, 5) is 21.2. The van der Waals surface area contributed by atoms with Crippen LogP contribution < -0.4 is 9.80 Å². The highest BCUT2D eigenvalue weighted by Crippen LogP contribution is 2.30. The number of ether oxygens (including phenoxy) is 1. The molecule has 0 bridgehead atoms. The van der Waals surface area contributed by atoms with Crippen LogP contribution in [0.4, 0.5) is 11.4 Å². The molecule has 1 N–H and O–H groups in total. The number of hydrogen-bond donors (Lipinski definition) is 1. The highest BCUT2D eigenvalue weighted by molar-refractivity contribution is 6.54. The molecule has 0 radical (unpaired) electrons. The third-order valence-corrected chi connectivity index (χ3v) is 5.48. The number of anilines is 1. The van der Waals surface area contributed by atoms with Crippen molar-refractivity contribution in [2.24, 2.45) is 4.99 Å². The molecule has 0 atom stereocenters. The first-order valence-electron chi connectivity index (χ1n) is 10.3. The second kappa shape index (κ2) is 8.67. The topological polar surface area (TPSA) is 46.3 Å². The number of benzene rings is 2. The molecular weight excluding hydrogens is 350 g/mol. The van der Waals surface area contributed by atoms with Crippen molar-refractivity contribution in [3.63, 3.8) is 0 Å². The van der Waals surface area contributed by atoms with E-state index in [2.05, 4.69) is 19.1 Å². The van der Waals surface area contributed by atoms with Gasteiger partial charge in [0.2, 0.25) is 0 Å². The number of morpholine rings is 1. The molecule has 5 nitrogen and oxygen atoms in total. The Morgan fingerprint density at radius 2 is 1.82 bits per heavy atom. The molecule has 0 aliphatic carbocycles. The Kier molecular flexibility index (Phi) is 5.84. The minimum absolute atomic E-state index is 0.00440. The average molecular weight is 378 g/mol. The number of nitrogens with zero attached hydrogens (tertiary/aromatic N) is 2. The number of aryl methyl sites for hydroxylation is 1. The van der Waals surface area contributed by atoms with Crippen molar-refractivity contribution in [1.82, 2.24) is 0 Å². The zero-order chi connectivity index (χ0) is 19.3. The standard InChI is InChI=1S/C23H27N3O2/c1-2-3-6-18-9-11-19(12-10-18)24-22-20-7-4-5-8-21(20)26(23(22)27)17-25-13-15-28-16-14-25/h4-5,7-12H,2-3,6,13-17H2,1H3/p+1. The normalized spacial score (nSPS) is 18.7. The van der Waals surface area contributed by atoms with E-state index in [1.807, 2.05) is 41.3 Å². The summed E-state index contributed by atoms with van der Waals surface area (Å²) in [5.41, 5.74) is 4.59. The summed E-state index contributed by atoms with van der Waals surface area (Å²) in [6, 6.07) is 16.2. The summed E-state index contributed by atoms with van der Waals surface area (Å²) in [5, 5.41) is 0. The molecule has 0 saturated carbocycles. The van der Waals surface area contributed by atoms with Crippen molar-refractivity contribution in [2.45, 2.75) is 26.2 Å². The Labute approximate surface area is 166 Å². The van der Waals surface area contributed by atoms with Crippen LogP contribution in [0.5, 0.6) is 0 Å². The molecule has 2 heterocycles. The van der Waals surface area contributed by atoms with Gasteiger partial charge >= 0.3 is 0 Å². The van der Waals surface area contributed by atoms with Gasteiger partial charge in [0.1, 0.15) is 18.8 Å². The molecule has 1 amide bonds. The number of unbranched alkanes of at least 4 members (excludes halogenated alkanes) is 1. The molecule has 5 heteroatoms. The van der Waals surface area contributed by atoms with Gasteiger partial charge in [0.15, 0.2) is 6.67 Å². The highest BCUT2D eigenvalue weighted by atomic mass is 16.5. The number of para-hydroxylation sites is 1. The van der Waals surface area contributed by atoms with Gasteiger partial charge < -0.3 is 9.64 Å². The number of quaternary nitrogens is 1. The van der Waals surface area contributed by atoms with Gasteiger partial charge in [0.05, 0.1) is 24.6 Å². The van der Waals surface area contributed by atoms with E-state index in [9.17, 15) is 4.79 Å². The molecule has 0 unspecified atom stereocenters. The maximum absolute atomic E-state index is 13.2. The number of hydrogen-bond acceptors (Lipinski definition) is 3. The fourth-order valence-electron chi connectivity index (χ4n) is 3.82. The predicted molar refractivity (Wildman–Crippen MR) is 112 cm³/mol. The van der Waals surface area contributed by atoms with E-state index in [0.717, 1.165) is 49.7 Å². The Morgan fingerprint density at radius 1 is 1.07 bits per heavy atom. The lowest BCUT2D eigenvalue weighted by Gasteiger charge is -2.27. The van der Waals surface area contributed by atoms with Gasteiger partial charge in [-0.25, -0.2) is 4.99 Å². The van der Waals surface area contributed by atoms with Crippen molar-refractivity contribution in [1.29, 1.82) is 0 Å². The van der Waals surface area contributed by atoms with Gasteiger partial charge in [0, 0.05) is 5.56 Å². The van der Waals surface area contributed by atoms with Crippen LogP contribution in [0.3, 0.4) is 0 Å². The lowest BCUT2D eigenvalue weighted by Crippen LogP contribution is -3.15. The first kappa shape index (κ1) is 18.8. The SMILES string of the molecule is CCCCc1ccc(N=C2C(=O)N(C[NH+]3CCOCC3)c3ccccc32)cc1. The van der Waals surface area contributed by atoms with Crippen LogP contribution in [-0.2, 0) is 16.0 Å². The zero-order valence-corrected chi connectivity index (χ0v) is 16.5. The molecule has 28 heavy (non-hydrogen) atoms. The number of fused-ring (bicyclic) bond motifs is 1. The molecule has 0 spiro atoms. The van der Waals surface area contributed by atoms with Gasteiger partial charge in [0.25, 0.3) is 5.91 Å². The van der Waals surface area contributed by atoms with E-state index >= 15 is 0 Å². The smallest absolute Gasteiger partial charge is 0.281 e. The van der Waals surface area contributed by atoms with Crippen LogP contribution in [0.2, 0.25) is 0 Å². The van der Waals surface area contributed by atoms with E-state index in [1.54, 1.807) is 0 Å². The lowest BCUT2D eigenvalue weighted by atomic mass is 10.1. The summed E-state index contributed by atoms with van der Waals surface area (Å²) in [6.07, 6.45) is 3.47. The quantitative estimate of drug-likeness (QED) is 0.839. The molecular formula is C23H28N3O2+. The van der Waals surface area contributed by atoms with Crippen LogP contribution in [0.15, 0.2) is 53.5 Å². The highest BCUT2D eigenvalue weighted by Gasteiger charge is 2.36. The lowest BCUT2D eigenvalue weighted by molar-refractivity contribution is -0.906. The third kappa shape index (κ3) is 4.01. The number of carbonyl (C=O) groups is 1. The maximum Gasteiger partial charge on any atom is 0.281 e. The molecule has 2 aliphatic rings. The van der Waals surface area contributed by atoms with Gasteiger partial charge in [-0.2, -0.15) is 0 Å². The summed E-state index contributed by atoms with van der Waals surface area (Å²) >= 11 is 0. The second-order valence-electron chi connectivity index (χ2n) is 7.50. The van der Waals surface area contributed by atoms with E-state index in [1.165, 1.54) is 23.3 Å². The summed E-state index contributed by atoms with van der Waals surface area (Å²) in [5.74, 6) is -0.00440. The molecule has 0 aromatic heterocycles. The maximum atomic E-state index is 13.2. The van der Waals surface area contributed by atoms with Gasteiger partial charge in [-0.1, -0.05) is 43.7 Å². The minimum atomic E-state index is -0.00440. The molecule has 1 saturated heterocycles. The molecule has 4 rings (SSSR count). The van der Waals surface area contributed by atoms with Gasteiger partial charge in [-0.3, -0.25) is 9.69 Å². The number of amides is 1. The fraction of sp³-hybridized carbons (Fsp3) is 0.391. The molecule has 2 aliphatic heterocycles. The van der Waals surface area contributed by atoms with Crippen LogP contribution in [0.25, 0.3) is 0 Å². The average Bonchev–Trinajstić information content (AvgIpc) is 3.00. The van der Waals surface area contributed by atoms with Crippen molar-refractivity contribution in [3.8, 4) is 0 Å². The fourth-order valence-corrected chi connectivity index (χ4v) is 3.82. The Bertz CT molecular complexity index is 854. The minimum Gasteiger partial charge on any atom is -0.370 e. The van der Waals surface area contributed by atoms with Gasteiger partial charge in [-0.05, 0) is 36.6 Å². The first-order chi connectivity index (χ1) is 13.8. The van der Waals surface area contributed by atoms with Crippen LogP contribution >= 0.6 is 0 Å². The first-order valence-corrected chi connectivity index (χ1v) is 10.3. The Balaban J connectivity index is 1.58. The number of aliphatic imine (C=N–C) groups is 1.